The van der Waals surface area contributed by atoms with E-state index in [0.717, 1.165) is 50.2 Å². The van der Waals surface area contributed by atoms with Crippen LogP contribution in [0.5, 0.6) is 0 Å². The van der Waals surface area contributed by atoms with E-state index < -0.39 is 4.92 Å². The summed E-state index contributed by atoms with van der Waals surface area (Å²) in [7, 11) is 0. The molecule has 9 nitrogen and oxygen atoms in total. The number of H-pyrrole nitrogens is 1. The lowest BCUT2D eigenvalue weighted by atomic mass is 10.2. The number of aromatic nitrogens is 4. The van der Waals surface area contributed by atoms with Crippen LogP contribution in [0, 0.1) is 24.0 Å². The van der Waals surface area contributed by atoms with Gasteiger partial charge in [-0.15, -0.1) is 0 Å². The number of aromatic amines is 1. The number of aryl methyl sites for hydroxylation is 2. The zero-order valence-corrected chi connectivity index (χ0v) is 13.2. The van der Waals surface area contributed by atoms with Crippen LogP contribution in [0.15, 0.2) is 12.1 Å². The molecule has 3 rings (SSSR count). The molecule has 3 heterocycles. The Bertz CT molecular complexity index is 707. The lowest BCUT2D eigenvalue weighted by molar-refractivity contribution is -0.385. The first-order chi connectivity index (χ1) is 11.0. The molecule has 0 bridgehead atoms. The summed E-state index contributed by atoms with van der Waals surface area (Å²) in [4.78, 5) is 23.6. The number of pyridine rings is 1. The van der Waals surface area contributed by atoms with E-state index in [1.54, 1.807) is 13.0 Å². The molecular weight excluding hydrogens is 298 g/mol. The van der Waals surface area contributed by atoms with Crippen LogP contribution >= 0.6 is 0 Å². The topological polar surface area (TPSA) is 104 Å². The molecule has 2 aromatic heterocycles. The Morgan fingerprint density at radius 3 is 2.52 bits per heavy atom. The SMILES string of the molecule is Cc1nc(CN2CCN(c3ccc([N+](=O)[O-])c(C)n3)CC2)n[nH]1. The van der Waals surface area contributed by atoms with Gasteiger partial charge in [0.05, 0.1) is 11.5 Å². The molecular formula is C14H19N7O2. The number of hydrogen-bond donors (Lipinski definition) is 1. The Balaban J connectivity index is 1.60. The summed E-state index contributed by atoms with van der Waals surface area (Å²) in [5, 5.41) is 17.9. The minimum absolute atomic E-state index is 0.0624. The van der Waals surface area contributed by atoms with E-state index in [1.165, 1.54) is 6.07 Å². The van der Waals surface area contributed by atoms with E-state index in [0.29, 0.717) is 5.69 Å². The number of rotatable bonds is 4. The molecule has 0 saturated carbocycles. The molecule has 1 saturated heterocycles. The Labute approximate surface area is 133 Å². The molecule has 1 aliphatic rings. The fraction of sp³-hybridized carbons (Fsp3) is 0.500. The fourth-order valence-corrected chi connectivity index (χ4v) is 2.70. The highest BCUT2D eigenvalue weighted by atomic mass is 16.6. The van der Waals surface area contributed by atoms with E-state index >= 15 is 0 Å². The molecule has 2 aromatic rings. The second-order valence-corrected chi connectivity index (χ2v) is 5.63. The van der Waals surface area contributed by atoms with Gasteiger partial charge in [-0.1, -0.05) is 0 Å². The third-order valence-electron chi connectivity index (χ3n) is 3.94. The number of hydrogen-bond acceptors (Lipinski definition) is 7. The Hall–Kier alpha value is -2.55. The third-order valence-corrected chi connectivity index (χ3v) is 3.94. The highest BCUT2D eigenvalue weighted by Gasteiger charge is 2.21. The number of anilines is 1. The Morgan fingerprint density at radius 1 is 1.22 bits per heavy atom. The van der Waals surface area contributed by atoms with E-state index in [1.807, 2.05) is 6.92 Å². The molecule has 0 spiro atoms. The summed E-state index contributed by atoms with van der Waals surface area (Å²) in [5.41, 5.74) is 0.512. The van der Waals surface area contributed by atoms with Crippen LogP contribution in [0.25, 0.3) is 0 Å². The standard InChI is InChI=1S/C14H19N7O2/c1-10-12(21(22)23)3-4-14(15-10)20-7-5-19(6-8-20)9-13-16-11(2)17-18-13/h3-4H,5-9H2,1-2H3,(H,16,17,18). The van der Waals surface area contributed by atoms with Crippen molar-refractivity contribution in [3.05, 3.63) is 39.6 Å². The molecule has 0 unspecified atom stereocenters. The van der Waals surface area contributed by atoms with E-state index in [4.69, 9.17) is 0 Å². The van der Waals surface area contributed by atoms with Crippen molar-refractivity contribution in [2.45, 2.75) is 20.4 Å². The molecule has 23 heavy (non-hydrogen) atoms. The quantitative estimate of drug-likeness (QED) is 0.663. The maximum atomic E-state index is 10.9. The van der Waals surface area contributed by atoms with Crippen LogP contribution in [-0.2, 0) is 6.54 Å². The predicted molar refractivity (Wildman–Crippen MR) is 84.2 cm³/mol. The van der Waals surface area contributed by atoms with Crippen LogP contribution in [0.1, 0.15) is 17.3 Å². The molecule has 122 valence electrons. The highest BCUT2D eigenvalue weighted by molar-refractivity contribution is 5.47. The third kappa shape index (κ3) is 3.45. The van der Waals surface area contributed by atoms with Crippen LogP contribution in [0.2, 0.25) is 0 Å². The monoisotopic (exact) mass is 317 g/mol. The fourth-order valence-electron chi connectivity index (χ4n) is 2.70. The number of nitrogens with zero attached hydrogens (tertiary/aromatic N) is 6. The number of nitro groups is 1. The molecule has 0 amide bonds. The van der Waals surface area contributed by atoms with Gasteiger partial charge in [0.25, 0.3) is 5.69 Å². The first-order valence-electron chi connectivity index (χ1n) is 7.50. The zero-order valence-electron chi connectivity index (χ0n) is 13.2. The lowest BCUT2D eigenvalue weighted by Gasteiger charge is -2.34. The first-order valence-corrected chi connectivity index (χ1v) is 7.50. The van der Waals surface area contributed by atoms with Crippen molar-refractivity contribution in [3.63, 3.8) is 0 Å². The second-order valence-electron chi connectivity index (χ2n) is 5.63. The minimum Gasteiger partial charge on any atom is -0.354 e. The average Bonchev–Trinajstić information content (AvgIpc) is 2.92. The minimum atomic E-state index is -0.400. The van der Waals surface area contributed by atoms with Gasteiger partial charge in [-0.2, -0.15) is 5.10 Å². The van der Waals surface area contributed by atoms with E-state index in [2.05, 4.69) is 30.0 Å². The van der Waals surface area contributed by atoms with Crippen molar-refractivity contribution in [2.75, 3.05) is 31.1 Å². The molecule has 0 radical (unpaired) electrons. The normalized spacial score (nSPS) is 15.8. The maximum Gasteiger partial charge on any atom is 0.290 e. The van der Waals surface area contributed by atoms with Gasteiger partial charge in [0.1, 0.15) is 17.3 Å². The first kappa shape index (κ1) is 15.3. The van der Waals surface area contributed by atoms with Crippen molar-refractivity contribution in [3.8, 4) is 0 Å². The lowest BCUT2D eigenvalue weighted by Crippen LogP contribution is -2.46. The predicted octanol–water partition coefficient (Wildman–Crippen LogP) is 1.05. The Kier molecular flexibility index (Phi) is 4.20. The van der Waals surface area contributed by atoms with E-state index in [9.17, 15) is 10.1 Å². The summed E-state index contributed by atoms with van der Waals surface area (Å²) < 4.78 is 0. The molecule has 0 atom stereocenters. The van der Waals surface area contributed by atoms with Gasteiger partial charge in [0, 0.05) is 32.2 Å². The highest BCUT2D eigenvalue weighted by Crippen LogP contribution is 2.21. The average molecular weight is 317 g/mol. The number of nitrogens with one attached hydrogen (secondary N) is 1. The molecule has 1 N–H and O–H groups in total. The van der Waals surface area contributed by atoms with Crippen molar-refractivity contribution in [1.29, 1.82) is 0 Å². The van der Waals surface area contributed by atoms with Crippen molar-refractivity contribution in [1.82, 2.24) is 25.1 Å². The van der Waals surface area contributed by atoms with Gasteiger partial charge in [0.2, 0.25) is 0 Å². The van der Waals surface area contributed by atoms with Crippen LogP contribution in [-0.4, -0.2) is 56.2 Å². The summed E-state index contributed by atoms with van der Waals surface area (Å²) >= 11 is 0. The molecule has 9 heteroatoms. The summed E-state index contributed by atoms with van der Waals surface area (Å²) in [5.74, 6) is 2.42. The molecule has 1 aliphatic heterocycles. The van der Waals surface area contributed by atoms with Gasteiger partial charge < -0.3 is 4.90 Å². The van der Waals surface area contributed by atoms with Crippen molar-refractivity contribution in [2.24, 2.45) is 0 Å². The summed E-state index contributed by atoms with van der Waals surface area (Å²) in [6.07, 6.45) is 0. The van der Waals surface area contributed by atoms with Gasteiger partial charge in [-0.05, 0) is 19.9 Å². The molecule has 1 fully saturated rings. The van der Waals surface area contributed by atoms with Gasteiger partial charge in [-0.25, -0.2) is 9.97 Å². The van der Waals surface area contributed by atoms with Crippen molar-refractivity contribution < 1.29 is 4.92 Å². The zero-order chi connectivity index (χ0) is 16.4. The van der Waals surface area contributed by atoms with Crippen molar-refractivity contribution >= 4 is 11.5 Å². The summed E-state index contributed by atoms with van der Waals surface area (Å²) in [6.45, 7) is 7.70. The van der Waals surface area contributed by atoms with Gasteiger partial charge in [-0.3, -0.25) is 20.1 Å². The Morgan fingerprint density at radius 2 is 1.96 bits per heavy atom. The van der Waals surface area contributed by atoms with Gasteiger partial charge >= 0.3 is 0 Å². The largest absolute Gasteiger partial charge is 0.354 e. The van der Waals surface area contributed by atoms with Gasteiger partial charge in [0.15, 0.2) is 5.82 Å². The van der Waals surface area contributed by atoms with Crippen LogP contribution < -0.4 is 4.90 Å². The van der Waals surface area contributed by atoms with Crippen LogP contribution in [0.4, 0.5) is 11.5 Å². The molecule has 0 aromatic carbocycles. The summed E-state index contributed by atoms with van der Waals surface area (Å²) in [6, 6.07) is 3.25. The van der Waals surface area contributed by atoms with Crippen LogP contribution in [0.3, 0.4) is 0 Å². The van der Waals surface area contributed by atoms with E-state index in [-0.39, 0.29) is 5.69 Å². The molecule has 0 aliphatic carbocycles. The smallest absolute Gasteiger partial charge is 0.290 e. The second kappa shape index (κ2) is 6.29. The maximum absolute atomic E-state index is 10.9. The number of piperazine rings is 1.